The molecule has 2 nitrogen and oxygen atoms in total. The number of halogens is 2. The highest BCUT2D eigenvalue weighted by molar-refractivity contribution is 14.1. The first kappa shape index (κ1) is 13.1. The number of nitrogens with two attached hydrogens (primary N) is 1. The van der Waals surface area contributed by atoms with Crippen LogP contribution in [-0.2, 0) is 0 Å². The number of para-hydroxylation sites is 1. The zero-order valence-electron chi connectivity index (χ0n) is 9.94. The van der Waals surface area contributed by atoms with Gasteiger partial charge in [0.2, 0.25) is 0 Å². The monoisotopic (exact) mass is 427 g/mol. The number of hydrogen-bond acceptors (Lipinski definition) is 2. The summed E-state index contributed by atoms with van der Waals surface area (Å²) in [5, 5.41) is 1.08. The molecule has 1 heterocycles. The van der Waals surface area contributed by atoms with Crippen molar-refractivity contribution in [1.29, 1.82) is 0 Å². The second kappa shape index (κ2) is 5.26. The zero-order valence-corrected chi connectivity index (χ0v) is 13.7. The van der Waals surface area contributed by atoms with E-state index in [1.807, 2.05) is 42.5 Å². The minimum Gasteiger partial charge on any atom is -0.459 e. The molecule has 19 heavy (non-hydrogen) atoms. The normalized spacial score (nSPS) is 12.8. The van der Waals surface area contributed by atoms with Gasteiger partial charge in [0.25, 0.3) is 0 Å². The van der Waals surface area contributed by atoms with Crippen LogP contribution in [0.5, 0.6) is 0 Å². The highest BCUT2D eigenvalue weighted by atomic mass is 127. The van der Waals surface area contributed by atoms with Gasteiger partial charge >= 0.3 is 0 Å². The molecule has 1 unspecified atom stereocenters. The molecule has 0 aliphatic rings. The quantitative estimate of drug-likeness (QED) is 0.594. The number of hydrogen-bond donors (Lipinski definition) is 1. The van der Waals surface area contributed by atoms with Crippen molar-refractivity contribution >= 4 is 49.5 Å². The Morgan fingerprint density at radius 2 is 1.89 bits per heavy atom. The molecule has 3 aromatic rings. The maximum atomic E-state index is 6.32. The topological polar surface area (TPSA) is 39.2 Å². The van der Waals surface area contributed by atoms with Gasteiger partial charge in [-0.05, 0) is 58.5 Å². The molecule has 0 bridgehead atoms. The maximum Gasteiger partial charge on any atom is 0.134 e. The van der Waals surface area contributed by atoms with E-state index in [0.717, 1.165) is 30.3 Å². The first-order valence-corrected chi connectivity index (χ1v) is 7.71. The molecular weight excluding hydrogens is 417 g/mol. The predicted molar refractivity (Wildman–Crippen MR) is 89.1 cm³/mol. The molecule has 0 saturated carbocycles. The third-order valence-electron chi connectivity index (χ3n) is 3.04. The number of rotatable bonds is 2. The van der Waals surface area contributed by atoms with Crippen LogP contribution in [0.1, 0.15) is 17.4 Å². The molecule has 3 rings (SSSR count). The van der Waals surface area contributed by atoms with E-state index in [2.05, 4.69) is 44.6 Å². The molecule has 0 radical (unpaired) electrons. The minimum atomic E-state index is -0.267. The molecule has 0 amide bonds. The van der Waals surface area contributed by atoms with Gasteiger partial charge in [0.1, 0.15) is 11.3 Å². The molecule has 1 atom stereocenters. The lowest BCUT2D eigenvalue weighted by molar-refractivity contribution is 0.524. The van der Waals surface area contributed by atoms with Crippen LogP contribution < -0.4 is 5.73 Å². The Morgan fingerprint density at radius 1 is 1.11 bits per heavy atom. The Labute approximate surface area is 133 Å². The third kappa shape index (κ3) is 2.57. The number of furan rings is 1. The summed E-state index contributed by atoms with van der Waals surface area (Å²) in [6, 6.07) is 15.8. The standard InChI is InChI=1S/C15H11BrINO/c16-12-6-5-10(17)8-11(12)15(18)14-7-9-3-1-2-4-13(9)19-14/h1-8,15H,18H2. The van der Waals surface area contributed by atoms with E-state index in [4.69, 9.17) is 10.2 Å². The smallest absolute Gasteiger partial charge is 0.134 e. The number of fused-ring (bicyclic) bond motifs is 1. The molecule has 0 aliphatic heterocycles. The Kier molecular flexibility index (Phi) is 3.64. The fraction of sp³-hybridized carbons (Fsp3) is 0.0667. The summed E-state index contributed by atoms with van der Waals surface area (Å²) in [6.45, 7) is 0. The minimum absolute atomic E-state index is 0.267. The largest absolute Gasteiger partial charge is 0.459 e. The molecule has 0 fully saturated rings. The van der Waals surface area contributed by atoms with Crippen molar-refractivity contribution in [2.24, 2.45) is 5.73 Å². The maximum absolute atomic E-state index is 6.32. The Balaban J connectivity index is 2.07. The van der Waals surface area contributed by atoms with E-state index in [-0.39, 0.29) is 6.04 Å². The average molecular weight is 428 g/mol. The zero-order chi connectivity index (χ0) is 13.4. The van der Waals surface area contributed by atoms with Crippen LogP contribution in [0.15, 0.2) is 57.4 Å². The summed E-state index contributed by atoms with van der Waals surface area (Å²) < 4.78 is 7.99. The van der Waals surface area contributed by atoms with Crippen molar-refractivity contribution < 1.29 is 4.42 Å². The lowest BCUT2D eigenvalue weighted by atomic mass is 10.1. The van der Waals surface area contributed by atoms with Crippen LogP contribution in [0.25, 0.3) is 11.0 Å². The molecule has 1 aromatic heterocycles. The van der Waals surface area contributed by atoms with E-state index < -0.39 is 0 Å². The highest BCUT2D eigenvalue weighted by Gasteiger charge is 2.16. The SMILES string of the molecule is NC(c1cc2ccccc2o1)c1cc(I)ccc1Br. The second-order valence-electron chi connectivity index (χ2n) is 4.33. The van der Waals surface area contributed by atoms with Gasteiger partial charge in [-0.25, -0.2) is 0 Å². The van der Waals surface area contributed by atoms with Crippen molar-refractivity contribution in [3.63, 3.8) is 0 Å². The van der Waals surface area contributed by atoms with Crippen molar-refractivity contribution in [3.05, 3.63) is 67.9 Å². The summed E-state index contributed by atoms with van der Waals surface area (Å²) in [7, 11) is 0. The summed E-state index contributed by atoms with van der Waals surface area (Å²) in [5.41, 5.74) is 8.23. The van der Waals surface area contributed by atoms with Gasteiger partial charge < -0.3 is 10.2 Å². The summed E-state index contributed by atoms with van der Waals surface area (Å²) in [5.74, 6) is 0.781. The molecule has 0 aliphatic carbocycles. The molecule has 0 saturated heterocycles. The Bertz CT molecular complexity index is 705. The van der Waals surface area contributed by atoms with Gasteiger partial charge in [-0.3, -0.25) is 0 Å². The fourth-order valence-electron chi connectivity index (χ4n) is 2.06. The van der Waals surface area contributed by atoms with E-state index in [1.54, 1.807) is 0 Å². The molecule has 4 heteroatoms. The second-order valence-corrected chi connectivity index (χ2v) is 6.43. The van der Waals surface area contributed by atoms with Gasteiger partial charge in [-0.1, -0.05) is 34.1 Å². The molecule has 2 aromatic carbocycles. The van der Waals surface area contributed by atoms with Gasteiger partial charge in [-0.2, -0.15) is 0 Å². The highest BCUT2D eigenvalue weighted by Crippen LogP contribution is 2.31. The lowest BCUT2D eigenvalue weighted by Crippen LogP contribution is -2.11. The average Bonchev–Trinajstić information content (AvgIpc) is 2.84. The molecule has 0 spiro atoms. The van der Waals surface area contributed by atoms with Gasteiger partial charge in [0, 0.05) is 13.4 Å². The van der Waals surface area contributed by atoms with E-state index >= 15 is 0 Å². The molecule has 96 valence electrons. The van der Waals surface area contributed by atoms with E-state index in [1.165, 1.54) is 0 Å². The summed E-state index contributed by atoms with van der Waals surface area (Å²) in [6.07, 6.45) is 0. The fourth-order valence-corrected chi connectivity index (χ4v) is 3.07. The van der Waals surface area contributed by atoms with Crippen molar-refractivity contribution in [2.45, 2.75) is 6.04 Å². The Hall–Kier alpha value is -0.850. The van der Waals surface area contributed by atoms with Gasteiger partial charge in [-0.15, -0.1) is 0 Å². The van der Waals surface area contributed by atoms with Crippen molar-refractivity contribution in [1.82, 2.24) is 0 Å². The first-order valence-electron chi connectivity index (χ1n) is 5.84. The van der Waals surface area contributed by atoms with Crippen LogP contribution >= 0.6 is 38.5 Å². The van der Waals surface area contributed by atoms with Crippen LogP contribution in [0.3, 0.4) is 0 Å². The van der Waals surface area contributed by atoms with Gasteiger partial charge in [0.05, 0.1) is 6.04 Å². The number of benzene rings is 2. The van der Waals surface area contributed by atoms with Crippen molar-refractivity contribution in [2.75, 3.05) is 0 Å². The van der Waals surface area contributed by atoms with Crippen LogP contribution in [0.2, 0.25) is 0 Å². The lowest BCUT2D eigenvalue weighted by Gasteiger charge is -2.11. The van der Waals surface area contributed by atoms with Crippen LogP contribution in [-0.4, -0.2) is 0 Å². The molecular formula is C15H11BrINO. The van der Waals surface area contributed by atoms with E-state index in [0.29, 0.717) is 0 Å². The first-order chi connectivity index (χ1) is 9.15. The third-order valence-corrected chi connectivity index (χ3v) is 4.44. The van der Waals surface area contributed by atoms with Crippen molar-refractivity contribution in [3.8, 4) is 0 Å². The molecule has 2 N–H and O–H groups in total. The summed E-state index contributed by atoms with van der Waals surface area (Å²) in [4.78, 5) is 0. The van der Waals surface area contributed by atoms with E-state index in [9.17, 15) is 0 Å². The Morgan fingerprint density at radius 3 is 2.68 bits per heavy atom. The predicted octanol–water partition coefficient (Wildman–Crippen LogP) is 4.85. The van der Waals surface area contributed by atoms with Crippen LogP contribution in [0, 0.1) is 3.57 Å². The summed E-state index contributed by atoms with van der Waals surface area (Å²) >= 11 is 5.83. The van der Waals surface area contributed by atoms with Gasteiger partial charge in [0.15, 0.2) is 0 Å². The van der Waals surface area contributed by atoms with Crippen LogP contribution in [0.4, 0.5) is 0 Å².